The van der Waals surface area contributed by atoms with E-state index in [9.17, 15) is 0 Å². The third kappa shape index (κ3) is 2.01. The molecule has 2 aliphatic rings. The molecule has 1 heterocycles. The van der Waals surface area contributed by atoms with Crippen molar-refractivity contribution in [1.29, 1.82) is 5.26 Å². The average molecular weight is 213 g/mol. The second-order valence-corrected chi connectivity index (χ2v) is 4.82. The van der Waals surface area contributed by atoms with Gasteiger partial charge in [0.05, 0.1) is 0 Å². The van der Waals surface area contributed by atoms with Gasteiger partial charge in [0.1, 0.15) is 17.6 Å². The van der Waals surface area contributed by atoms with Gasteiger partial charge in [-0.05, 0) is 43.7 Å². The monoisotopic (exact) mass is 213 g/mol. The van der Waals surface area contributed by atoms with Gasteiger partial charge in [0, 0.05) is 12.6 Å². The molecule has 0 radical (unpaired) electrons. The summed E-state index contributed by atoms with van der Waals surface area (Å²) in [6.07, 6.45) is 5.29. The zero-order valence-corrected chi connectivity index (χ0v) is 9.26. The summed E-state index contributed by atoms with van der Waals surface area (Å²) in [5, 5.41) is 8.86. The number of anilines is 1. The highest BCUT2D eigenvalue weighted by Gasteiger charge is 2.34. The van der Waals surface area contributed by atoms with E-state index < -0.39 is 0 Å². The first kappa shape index (κ1) is 9.65. The minimum atomic E-state index is 0.527. The SMILES string of the molecule is N#Cc1cccc(N(CC2CC2)C2CC2)n1. The molecule has 0 amide bonds. The number of rotatable bonds is 4. The van der Waals surface area contributed by atoms with Crippen molar-refractivity contribution in [3.63, 3.8) is 0 Å². The van der Waals surface area contributed by atoms with Crippen LogP contribution in [0.25, 0.3) is 0 Å². The quantitative estimate of drug-likeness (QED) is 0.770. The second-order valence-electron chi connectivity index (χ2n) is 4.82. The Morgan fingerprint density at radius 1 is 1.31 bits per heavy atom. The molecule has 0 atom stereocenters. The molecule has 0 saturated heterocycles. The largest absolute Gasteiger partial charge is 0.353 e. The van der Waals surface area contributed by atoms with Gasteiger partial charge >= 0.3 is 0 Å². The highest BCUT2D eigenvalue weighted by atomic mass is 15.2. The summed E-state index contributed by atoms with van der Waals surface area (Å²) in [5.74, 6) is 1.86. The van der Waals surface area contributed by atoms with E-state index >= 15 is 0 Å². The Labute approximate surface area is 95.7 Å². The van der Waals surface area contributed by atoms with Crippen LogP contribution in [-0.4, -0.2) is 17.6 Å². The lowest BCUT2D eigenvalue weighted by Crippen LogP contribution is -2.28. The summed E-state index contributed by atoms with van der Waals surface area (Å²) >= 11 is 0. The van der Waals surface area contributed by atoms with Crippen molar-refractivity contribution in [3.05, 3.63) is 23.9 Å². The fraction of sp³-hybridized carbons (Fsp3) is 0.538. The molecule has 3 rings (SSSR count). The van der Waals surface area contributed by atoms with Gasteiger partial charge in [0.2, 0.25) is 0 Å². The number of nitriles is 1. The molecule has 16 heavy (non-hydrogen) atoms. The third-order valence-corrected chi connectivity index (χ3v) is 3.28. The van der Waals surface area contributed by atoms with Crippen molar-refractivity contribution < 1.29 is 0 Å². The van der Waals surface area contributed by atoms with Crippen LogP contribution >= 0.6 is 0 Å². The Balaban J connectivity index is 1.82. The summed E-state index contributed by atoms with van der Waals surface area (Å²) < 4.78 is 0. The summed E-state index contributed by atoms with van der Waals surface area (Å²) in [4.78, 5) is 6.80. The molecular weight excluding hydrogens is 198 g/mol. The Morgan fingerprint density at radius 3 is 2.75 bits per heavy atom. The Bertz CT molecular complexity index is 427. The van der Waals surface area contributed by atoms with Crippen LogP contribution in [0.4, 0.5) is 5.82 Å². The fourth-order valence-corrected chi connectivity index (χ4v) is 2.04. The van der Waals surface area contributed by atoms with Gasteiger partial charge in [-0.25, -0.2) is 4.98 Å². The van der Waals surface area contributed by atoms with Crippen molar-refractivity contribution >= 4 is 5.82 Å². The zero-order valence-electron chi connectivity index (χ0n) is 9.26. The van der Waals surface area contributed by atoms with Crippen molar-refractivity contribution in [3.8, 4) is 6.07 Å². The number of hydrogen-bond acceptors (Lipinski definition) is 3. The minimum absolute atomic E-state index is 0.527. The highest BCUT2D eigenvalue weighted by molar-refractivity contribution is 5.44. The van der Waals surface area contributed by atoms with Crippen molar-refractivity contribution in [2.75, 3.05) is 11.4 Å². The first-order valence-corrected chi connectivity index (χ1v) is 6.00. The number of nitrogens with zero attached hydrogens (tertiary/aromatic N) is 3. The van der Waals surface area contributed by atoms with Crippen LogP contribution in [0.3, 0.4) is 0 Å². The first-order chi connectivity index (χ1) is 7.86. The van der Waals surface area contributed by atoms with Crippen LogP contribution < -0.4 is 4.90 Å². The maximum Gasteiger partial charge on any atom is 0.142 e. The molecule has 1 aromatic rings. The van der Waals surface area contributed by atoms with Gasteiger partial charge in [-0.2, -0.15) is 5.26 Å². The predicted molar refractivity (Wildman–Crippen MR) is 62.0 cm³/mol. The molecule has 2 aliphatic carbocycles. The molecule has 0 spiro atoms. The van der Waals surface area contributed by atoms with Gasteiger partial charge in [-0.15, -0.1) is 0 Å². The number of pyridine rings is 1. The summed E-state index contributed by atoms with van der Waals surface area (Å²) in [6.45, 7) is 1.13. The summed E-state index contributed by atoms with van der Waals surface area (Å²) in [6, 6.07) is 8.53. The van der Waals surface area contributed by atoms with E-state index in [0.717, 1.165) is 18.3 Å². The first-order valence-electron chi connectivity index (χ1n) is 6.00. The lowest BCUT2D eigenvalue weighted by atomic mass is 10.3. The maximum atomic E-state index is 8.86. The Hall–Kier alpha value is -1.56. The van der Waals surface area contributed by atoms with E-state index in [2.05, 4.69) is 16.0 Å². The van der Waals surface area contributed by atoms with E-state index in [-0.39, 0.29) is 0 Å². The molecular formula is C13H15N3. The molecule has 3 nitrogen and oxygen atoms in total. The zero-order chi connectivity index (χ0) is 11.0. The van der Waals surface area contributed by atoms with Gasteiger partial charge < -0.3 is 4.90 Å². The van der Waals surface area contributed by atoms with Gasteiger partial charge in [0.25, 0.3) is 0 Å². The molecule has 0 aromatic carbocycles. The molecule has 82 valence electrons. The molecule has 2 fully saturated rings. The molecule has 0 bridgehead atoms. The standard InChI is InChI=1S/C13H15N3/c14-8-11-2-1-3-13(15-11)16(12-6-7-12)9-10-4-5-10/h1-3,10,12H,4-7,9H2. The minimum Gasteiger partial charge on any atom is -0.353 e. The van der Waals surface area contributed by atoms with E-state index in [1.54, 1.807) is 6.07 Å². The number of aromatic nitrogens is 1. The lowest BCUT2D eigenvalue weighted by molar-refractivity contribution is 0.708. The van der Waals surface area contributed by atoms with Crippen LogP contribution in [0.2, 0.25) is 0 Å². The third-order valence-electron chi connectivity index (χ3n) is 3.28. The van der Waals surface area contributed by atoms with Crippen molar-refractivity contribution in [2.45, 2.75) is 31.7 Å². The van der Waals surface area contributed by atoms with Crippen LogP contribution in [0.5, 0.6) is 0 Å². The molecule has 0 unspecified atom stereocenters. The van der Waals surface area contributed by atoms with E-state index in [1.165, 1.54) is 25.7 Å². The van der Waals surface area contributed by atoms with Gasteiger partial charge in [-0.1, -0.05) is 6.07 Å². The number of hydrogen-bond donors (Lipinski definition) is 0. The smallest absolute Gasteiger partial charge is 0.142 e. The molecule has 1 aromatic heterocycles. The second kappa shape index (κ2) is 3.79. The normalized spacial score (nSPS) is 19.2. The summed E-state index contributed by atoms with van der Waals surface area (Å²) in [5.41, 5.74) is 0.527. The Kier molecular flexibility index (Phi) is 2.28. The average Bonchev–Trinajstić information content (AvgIpc) is 3.16. The van der Waals surface area contributed by atoms with E-state index in [4.69, 9.17) is 5.26 Å². The van der Waals surface area contributed by atoms with Crippen molar-refractivity contribution in [1.82, 2.24) is 4.98 Å². The predicted octanol–water partition coefficient (Wildman–Crippen LogP) is 2.33. The lowest BCUT2D eigenvalue weighted by Gasteiger charge is -2.23. The topological polar surface area (TPSA) is 39.9 Å². The maximum absolute atomic E-state index is 8.86. The summed E-state index contributed by atoms with van der Waals surface area (Å²) in [7, 11) is 0. The Morgan fingerprint density at radius 2 is 2.12 bits per heavy atom. The van der Waals surface area contributed by atoms with Crippen molar-refractivity contribution in [2.24, 2.45) is 5.92 Å². The van der Waals surface area contributed by atoms with Crippen LogP contribution in [0, 0.1) is 17.2 Å². The molecule has 0 N–H and O–H groups in total. The van der Waals surface area contributed by atoms with Gasteiger partial charge in [0.15, 0.2) is 0 Å². The van der Waals surface area contributed by atoms with E-state index in [1.807, 2.05) is 12.1 Å². The molecule has 0 aliphatic heterocycles. The van der Waals surface area contributed by atoms with Crippen LogP contribution in [0.1, 0.15) is 31.4 Å². The highest BCUT2D eigenvalue weighted by Crippen LogP contribution is 2.36. The van der Waals surface area contributed by atoms with E-state index in [0.29, 0.717) is 11.7 Å². The van der Waals surface area contributed by atoms with Crippen LogP contribution in [0.15, 0.2) is 18.2 Å². The van der Waals surface area contributed by atoms with Gasteiger partial charge in [-0.3, -0.25) is 0 Å². The fourth-order valence-electron chi connectivity index (χ4n) is 2.04. The molecule has 2 saturated carbocycles. The van der Waals surface area contributed by atoms with Crippen LogP contribution in [-0.2, 0) is 0 Å². The molecule has 3 heteroatoms.